The van der Waals surface area contributed by atoms with Crippen LogP contribution in [-0.4, -0.2) is 43.4 Å². The molecule has 1 amide bonds. The molecule has 0 bridgehead atoms. The first-order valence-electron chi connectivity index (χ1n) is 9.37. The van der Waals surface area contributed by atoms with Gasteiger partial charge in [0.05, 0.1) is 12.1 Å². The molecule has 0 spiro atoms. The van der Waals surface area contributed by atoms with Crippen molar-refractivity contribution >= 4 is 28.6 Å². The zero-order valence-corrected chi connectivity index (χ0v) is 17.2. The van der Waals surface area contributed by atoms with E-state index in [2.05, 4.69) is 30.5 Å². The number of thioether (sulfide) groups is 1. The smallest absolute Gasteiger partial charge is 0.287 e. The predicted molar refractivity (Wildman–Crippen MR) is 112 cm³/mol. The van der Waals surface area contributed by atoms with Gasteiger partial charge in [-0.2, -0.15) is 5.10 Å². The highest BCUT2D eigenvalue weighted by Crippen LogP contribution is 2.17. The number of halogens is 2. The molecule has 2 heterocycles. The van der Waals surface area contributed by atoms with E-state index in [1.165, 1.54) is 18.1 Å². The van der Waals surface area contributed by atoms with Crippen molar-refractivity contribution < 1.29 is 18.3 Å². The number of nitrogens with one attached hydrogen (secondary N) is 3. The Labute approximate surface area is 183 Å². The average Bonchev–Trinajstić information content (AvgIpc) is 3.31. The summed E-state index contributed by atoms with van der Waals surface area (Å²) >= 11 is 1.47. The Hall–Kier alpha value is -3.80. The number of rotatable bonds is 8. The summed E-state index contributed by atoms with van der Waals surface area (Å²) < 4.78 is 32.9. The van der Waals surface area contributed by atoms with E-state index >= 15 is 0 Å². The molecule has 3 N–H and O–H groups in total. The van der Waals surface area contributed by atoms with Gasteiger partial charge in [0.15, 0.2) is 22.6 Å². The van der Waals surface area contributed by atoms with Crippen LogP contribution in [0.15, 0.2) is 52.7 Å². The molecule has 164 valence electrons. The minimum Gasteiger partial charge on any atom is -0.493 e. The van der Waals surface area contributed by atoms with Crippen LogP contribution in [0, 0.1) is 11.6 Å². The number of carbonyl (C=O) groups excluding carboxylic acids is 1. The van der Waals surface area contributed by atoms with Crippen LogP contribution in [0.25, 0.3) is 10.9 Å². The maximum Gasteiger partial charge on any atom is 0.287 e. The first-order valence-corrected chi connectivity index (χ1v) is 10.4. The number of benzene rings is 2. The second kappa shape index (κ2) is 9.56. The van der Waals surface area contributed by atoms with Gasteiger partial charge in [-0.25, -0.2) is 18.7 Å². The topological polar surface area (TPSA) is 126 Å². The largest absolute Gasteiger partial charge is 0.493 e. The Morgan fingerprint density at radius 1 is 1.22 bits per heavy atom. The van der Waals surface area contributed by atoms with Crippen molar-refractivity contribution in [2.75, 3.05) is 12.4 Å². The van der Waals surface area contributed by atoms with Crippen LogP contribution in [-0.2, 0) is 6.54 Å². The summed E-state index contributed by atoms with van der Waals surface area (Å²) in [5.41, 5.74) is -0.290. The lowest BCUT2D eigenvalue weighted by atomic mass is 10.2. The zero-order chi connectivity index (χ0) is 22.5. The quantitative estimate of drug-likeness (QED) is 0.273. The SMILES string of the molecule is O=C(NCc1cccc(OCCSc2ncn[nH]2)c1)c1nc2ccc(F)c(F)c2c(=O)[nH]1. The molecule has 0 saturated carbocycles. The Bertz CT molecular complexity index is 1310. The number of carbonyl (C=O) groups is 1. The summed E-state index contributed by atoms with van der Waals surface area (Å²) in [6.45, 7) is 0.586. The maximum atomic E-state index is 13.8. The Balaban J connectivity index is 1.36. The summed E-state index contributed by atoms with van der Waals surface area (Å²) in [6, 6.07) is 9.14. The van der Waals surface area contributed by atoms with E-state index in [0.29, 0.717) is 23.3 Å². The van der Waals surface area contributed by atoms with Gasteiger partial charge >= 0.3 is 0 Å². The van der Waals surface area contributed by atoms with Crippen molar-refractivity contribution in [1.82, 2.24) is 30.5 Å². The van der Waals surface area contributed by atoms with Crippen molar-refractivity contribution in [3.05, 3.63) is 76.1 Å². The number of amides is 1. The molecular weight excluding hydrogens is 442 g/mol. The molecule has 0 aliphatic rings. The van der Waals surface area contributed by atoms with E-state index in [9.17, 15) is 18.4 Å². The van der Waals surface area contributed by atoms with Crippen molar-refractivity contribution in [1.29, 1.82) is 0 Å². The summed E-state index contributed by atoms with van der Waals surface area (Å²) in [5.74, 6) is -2.14. The molecule has 0 aliphatic carbocycles. The maximum absolute atomic E-state index is 13.8. The lowest BCUT2D eigenvalue weighted by Gasteiger charge is -2.09. The van der Waals surface area contributed by atoms with Crippen LogP contribution in [0.3, 0.4) is 0 Å². The van der Waals surface area contributed by atoms with Gasteiger partial charge < -0.3 is 15.0 Å². The molecule has 0 fully saturated rings. The van der Waals surface area contributed by atoms with Gasteiger partial charge in [-0.15, -0.1) is 0 Å². The second-order valence-corrected chi connectivity index (χ2v) is 7.57. The third-order valence-electron chi connectivity index (χ3n) is 4.31. The lowest BCUT2D eigenvalue weighted by Crippen LogP contribution is -2.27. The molecule has 4 rings (SSSR count). The molecule has 0 aliphatic heterocycles. The zero-order valence-electron chi connectivity index (χ0n) is 16.4. The Morgan fingerprint density at radius 2 is 2.09 bits per heavy atom. The van der Waals surface area contributed by atoms with E-state index in [1.807, 2.05) is 0 Å². The van der Waals surface area contributed by atoms with Crippen molar-refractivity contribution in [2.45, 2.75) is 11.7 Å². The van der Waals surface area contributed by atoms with Crippen LogP contribution >= 0.6 is 11.8 Å². The molecule has 0 unspecified atom stereocenters. The van der Waals surface area contributed by atoms with Gasteiger partial charge in [0, 0.05) is 12.3 Å². The summed E-state index contributed by atoms with van der Waals surface area (Å²) in [4.78, 5) is 34.6. The molecule has 4 aromatic rings. The van der Waals surface area contributed by atoms with Crippen molar-refractivity contribution in [2.24, 2.45) is 0 Å². The van der Waals surface area contributed by atoms with Gasteiger partial charge in [0.25, 0.3) is 11.5 Å². The molecule has 0 saturated heterocycles. The minimum absolute atomic E-state index is 0.114. The second-order valence-electron chi connectivity index (χ2n) is 6.49. The van der Waals surface area contributed by atoms with Gasteiger partial charge in [0.2, 0.25) is 0 Å². The first kappa shape index (κ1) is 21.4. The highest BCUT2D eigenvalue weighted by molar-refractivity contribution is 7.99. The summed E-state index contributed by atoms with van der Waals surface area (Å²) in [5, 5.41) is 9.31. The Kier molecular flexibility index (Phi) is 6.40. The van der Waals surface area contributed by atoms with E-state index in [4.69, 9.17) is 4.74 Å². The van der Waals surface area contributed by atoms with E-state index < -0.39 is 28.5 Å². The van der Waals surface area contributed by atoms with Crippen LogP contribution in [0.1, 0.15) is 16.2 Å². The Morgan fingerprint density at radius 3 is 2.91 bits per heavy atom. The van der Waals surface area contributed by atoms with Crippen molar-refractivity contribution in [3.8, 4) is 5.75 Å². The number of ether oxygens (including phenoxy) is 1. The summed E-state index contributed by atoms with van der Waals surface area (Å²) in [6.07, 6.45) is 1.43. The molecule has 0 atom stereocenters. The predicted octanol–water partition coefficient (Wildman–Crippen LogP) is 2.42. The lowest BCUT2D eigenvalue weighted by molar-refractivity contribution is 0.0940. The third-order valence-corrected chi connectivity index (χ3v) is 5.16. The highest BCUT2D eigenvalue weighted by atomic mass is 32.2. The van der Waals surface area contributed by atoms with Gasteiger partial charge in [0.1, 0.15) is 17.5 Å². The molecule has 9 nitrogen and oxygen atoms in total. The number of fused-ring (bicyclic) bond motifs is 1. The van der Waals surface area contributed by atoms with E-state index in [0.717, 1.165) is 17.7 Å². The van der Waals surface area contributed by atoms with Crippen LogP contribution in [0.2, 0.25) is 0 Å². The highest BCUT2D eigenvalue weighted by Gasteiger charge is 2.16. The number of aromatic nitrogens is 5. The molecular formula is C20H16F2N6O3S. The fourth-order valence-electron chi connectivity index (χ4n) is 2.85. The van der Waals surface area contributed by atoms with E-state index in [-0.39, 0.29) is 17.9 Å². The molecule has 2 aromatic heterocycles. The number of aromatic amines is 2. The fraction of sp³-hybridized carbons (Fsp3) is 0.150. The normalized spacial score (nSPS) is 10.9. The fourth-order valence-corrected chi connectivity index (χ4v) is 3.45. The molecule has 0 radical (unpaired) electrons. The third kappa shape index (κ3) is 4.91. The molecule has 12 heteroatoms. The first-order chi connectivity index (χ1) is 15.5. The summed E-state index contributed by atoms with van der Waals surface area (Å²) in [7, 11) is 0. The number of hydrogen-bond acceptors (Lipinski definition) is 7. The number of H-pyrrole nitrogens is 2. The number of nitrogens with zero attached hydrogens (tertiary/aromatic N) is 3. The number of hydrogen-bond donors (Lipinski definition) is 3. The van der Waals surface area contributed by atoms with Crippen LogP contribution in [0.4, 0.5) is 8.78 Å². The minimum atomic E-state index is -1.31. The monoisotopic (exact) mass is 458 g/mol. The standard InChI is InChI=1S/C20H16F2N6O3S/c21-13-4-5-14-15(16(13)22)18(29)27-17(26-14)19(30)23-9-11-2-1-3-12(8-11)31-6-7-32-20-24-10-25-28-20/h1-5,8,10H,6-7,9H2,(H,23,30)(H,24,25,28)(H,26,27,29). The van der Waals surface area contributed by atoms with Gasteiger partial charge in [-0.05, 0) is 29.8 Å². The molecule has 32 heavy (non-hydrogen) atoms. The van der Waals surface area contributed by atoms with Crippen LogP contribution in [0.5, 0.6) is 5.75 Å². The van der Waals surface area contributed by atoms with Gasteiger partial charge in [-0.3, -0.25) is 14.7 Å². The average molecular weight is 458 g/mol. The van der Waals surface area contributed by atoms with Crippen molar-refractivity contribution in [3.63, 3.8) is 0 Å². The van der Waals surface area contributed by atoms with Crippen LogP contribution < -0.4 is 15.6 Å². The van der Waals surface area contributed by atoms with Gasteiger partial charge in [-0.1, -0.05) is 23.9 Å². The molecule has 2 aromatic carbocycles. The van der Waals surface area contributed by atoms with E-state index in [1.54, 1.807) is 24.3 Å².